The molecule has 29 heavy (non-hydrogen) atoms. The Bertz CT molecular complexity index is 1060. The number of esters is 1. The summed E-state index contributed by atoms with van der Waals surface area (Å²) in [4.78, 5) is 12.0. The van der Waals surface area contributed by atoms with Crippen molar-refractivity contribution < 1.29 is 31.4 Å². The third-order valence-corrected chi connectivity index (χ3v) is 4.23. The van der Waals surface area contributed by atoms with Gasteiger partial charge in [-0.1, -0.05) is 35.5 Å². The second kappa shape index (κ2) is 9.35. The van der Waals surface area contributed by atoms with Crippen molar-refractivity contribution >= 4 is 16.1 Å². The monoisotopic (exact) mass is 417 g/mol. The minimum Gasteiger partial charge on any atom is -0.486 e. The zero-order chi connectivity index (χ0) is 20.7. The molecule has 1 aromatic heterocycles. The Morgan fingerprint density at radius 1 is 1.00 bits per heavy atom. The quantitative estimate of drug-likeness (QED) is 0.386. The molecule has 3 aromatic rings. The van der Waals surface area contributed by atoms with Crippen LogP contribution < -0.4 is 4.74 Å². The van der Waals surface area contributed by atoms with E-state index in [0.29, 0.717) is 22.8 Å². The summed E-state index contributed by atoms with van der Waals surface area (Å²) in [6.45, 7) is 0.00391. The molecule has 0 aliphatic carbocycles. The second-order valence-electron chi connectivity index (χ2n) is 6.13. The van der Waals surface area contributed by atoms with E-state index in [4.69, 9.17) is 14.0 Å². The Balaban J connectivity index is 1.51. The normalized spacial score (nSPS) is 11.2. The largest absolute Gasteiger partial charge is 0.486 e. The highest BCUT2D eigenvalue weighted by Crippen LogP contribution is 2.17. The van der Waals surface area contributed by atoms with Crippen LogP contribution in [0, 0.1) is 0 Å². The van der Waals surface area contributed by atoms with E-state index >= 15 is 0 Å². The minimum absolute atomic E-state index is 0.0964. The van der Waals surface area contributed by atoms with Crippen LogP contribution in [0.4, 0.5) is 0 Å². The van der Waals surface area contributed by atoms with Gasteiger partial charge in [-0.2, -0.15) is 8.42 Å². The van der Waals surface area contributed by atoms with Crippen molar-refractivity contribution in [2.45, 2.75) is 19.8 Å². The van der Waals surface area contributed by atoms with Crippen molar-refractivity contribution in [3.05, 3.63) is 83.2 Å². The van der Waals surface area contributed by atoms with Crippen LogP contribution >= 0.6 is 0 Å². The first-order valence-electron chi connectivity index (χ1n) is 8.62. The van der Waals surface area contributed by atoms with Gasteiger partial charge in [0.25, 0.3) is 10.1 Å². The van der Waals surface area contributed by atoms with E-state index in [1.54, 1.807) is 48.5 Å². The fourth-order valence-electron chi connectivity index (χ4n) is 2.35. The van der Waals surface area contributed by atoms with E-state index in [-0.39, 0.29) is 19.8 Å². The van der Waals surface area contributed by atoms with Crippen LogP contribution in [0.1, 0.15) is 27.4 Å². The molecular weight excluding hydrogens is 398 g/mol. The van der Waals surface area contributed by atoms with Crippen LogP contribution in [0.3, 0.4) is 0 Å². The fourth-order valence-corrected chi connectivity index (χ4v) is 2.68. The summed E-state index contributed by atoms with van der Waals surface area (Å²) in [6, 6.07) is 17.4. The third kappa shape index (κ3) is 6.74. The van der Waals surface area contributed by atoms with Gasteiger partial charge in [0, 0.05) is 6.07 Å². The van der Waals surface area contributed by atoms with Crippen molar-refractivity contribution in [3.8, 4) is 5.75 Å². The van der Waals surface area contributed by atoms with Gasteiger partial charge in [-0.3, -0.25) is 4.18 Å². The van der Waals surface area contributed by atoms with E-state index < -0.39 is 16.1 Å². The van der Waals surface area contributed by atoms with E-state index in [9.17, 15) is 13.2 Å². The lowest BCUT2D eigenvalue weighted by Gasteiger charge is -2.08. The first-order chi connectivity index (χ1) is 13.9. The molecule has 9 heteroatoms. The Kier molecular flexibility index (Phi) is 6.63. The first-order valence-corrected chi connectivity index (χ1v) is 10.4. The number of benzene rings is 2. The Morgan fingerprint density at radius 3 is 2.55 bits per heavy atom. The van der Waals surface area contributed by atoms with Gasteiger partial charge in [0.05, 0.1) is 11.8 Å². The highest BCUT2D eigenvalue weighted by molar-refractivity contribution is 7.85. The number of ether oxygens (including phenoxy) is 2. The van der Waals surface area contributed by atoms with Crippen LogP contribution in [-0.2, 0) is 38.9 Å². The molecule has 8 nitrogen and oxygen atoms in total. The molecule has 0 amide bonds. The number of nitrogens with zero attached hydrogens (tertiary/aromatic N) is 1. The molecule has 0 saturated carbocycles. The van der Waals surface area contributed by atoms with Crippen molar-refractivity contribution in [2.24, 2.45) is 0 Å². The fraction of sp³-hybridized carbons (Fsp3) is 0.200. The van der Waals surface area contributed by atoms with E-state index in [1.807, 2.05) is 12.1 Å². The molecule has 0 atom stereocenters. The summed E-state index contributed by atoms with van der Waals surface area (Å²) in [5, 5.41) is 3.72. The average molecular weight is 417 g/mol. The maximum atomic E-state index is 12.0. The zero-order valence-electron chi connectivity index (χ0n) is 15.6. The lowest BCUT2D eigenvalue weighted by molar-refractivity contribution is 0.0472. The van der Waals surface area contributed by atoms with Gasteiger partial charge in [-0.25, -0.2) is 4.79 Å². The standard InChI is InChI=1S/C20H19NO7S/c1-29(23,24)27-13-17-11-19(28-21-17)14-25-18-9-5-6-15(10-18)12-26-20(22)16-7-3-2-4-8-16/h2-11H,12-14H2,1H3. The molecule has 0 fully saturated rings. The molecule has 1 heterocycles. The Morgan fingerprint density at radius 2 is 1.79 bits per heavy atom. The van der Waals surface area contributed by atoms with Gasteiger partial charge in [0.2, 0.25) is 0 Å². The number of aromatic nitrogens is 1. The predicted molar refractivity (Wildman–Crippen MR) is 102 cm³/mol. The van der Waals surface area contributed by atoms with E-state index in [0.717, 1.165) is 11.8 Å². The average Bonchev–Trinajstić information content (AvgIpc) is 3.17. The van der Waals surface area contributed by atoms with Gasteiger partial charge >= 0.3 is 5.97 Å². The lowest BCUT2D eigenvalue weighted by Crippen LogP contribution is -2.05. The van der Waals surface area contributed by atoms with Crippen LogP contribution in [0.5, 0.6) is 5.75 Å². The molecule has 0 unspecified atom stereocenters. The number of carbonyl (C=O) groups excluding carboxylic acids is 1. The highest BCUT2D eigenvalue weighted by atomic mass is 32.2. The Hall–Kier alpha value is -3.17. The van der Waals surface area contributed by atoms with Crippen molar-refractivity contribution in [3.63, 3.8) is 0 Å². The molecule has 152 valence electrons. The maximum absolute atomic E-state index is 12.0. The topological polar surface area (TPSA) is 105 Å². The van der Waals surface area contributed by atoms with Gasteiger partial charge < -0.3 is 14.0 Å². The SMILES string of the molecule is CS(=O)(=O)OCc1cc(COc2cccc(COC(=O)c3ccccc3)c2)on1. The van der Waals surface area contributed by atoms with Crippen LogP contribution in [-0.4, -0.2) is 25.8 Å². The molecule has 0 bridgehead atoms. The molecule has 0 aliphatic heterocycles. The second-order valence-corrected chi connectivity index (χ2v) is 7.77. The summed E-state index contributed by atoms with van der Waals surface area (Å²) < 4.78 is 42.7. The number of rotatable bonds is 9. The predicted octanol–water partition coefficient (Wildman–Crippen LogP) is 3.09. The van der Waals surface area contributed by atoms with Crippen molar-refractivity contribution in [2.75, 3.05) is 6.26 Å². The summed E-state index contributed by atoms with van der Waals surface area (Å²) in [7, 11) is -3.55. The molecule has 0 spiro atoms. The van der Waals surface area contributed by atoms with Crippen LogP contribution in [0.2, 0.25) is 0 Å². The number of hydrogen-bond donors (Lipinski definition) is 0. The summed E-state index contributed by atoms with van der Waals surface area (Å²) in [6.07, 6.45) is 0.960. The van der Waals surface area contributed by atoms with Crippen molar-refractivity contribution in [1.82, 2.24) is 5.16 Å². The van der Waals surface area contributed by atoms with Crippen LogP contribution in [0.25, 0.3) is 0 Å². The number of hydrogen-bond acceptors (Lipinski definition) is 8. The van der Waals surface area contributed by atoms with Gasteiger partial charge in [-0.05, 0) is 29.8 Å². The number of carbonyl (C=O) groups is 1. The summed E-state index contributed by atoms with van der Waals surface area (Å²) in [5.41, 5.74) is 1.60. The van der Waals surface area contributed by atoms with Gasteiger partial charge in [0.1, 0.15) is 31.3 Å². The smallest absolute Gasteiger partial charge is 0.338 e. The molecule has 0 aliphatic rings. The van der Waals surface area contributed by atoms with E-state index in [1.165, 1.54) is 0 Å². The molecule has 0 N–H and O–H groups in total. The zero-order valence-corrected chi connectivity index (χ0v) is 16.4. The molecule has 0 saturated heterocycles. The minimum atomic E-state index is -3.55. The summed E-state index contributed by atoms with van der Waals surface area (Å²) >= 11 is 0. The molecule has 0 radical (unpaired) electrons. The third-order valence-electron chi connectivity index (χ3n) is 3.69. The molecular formula is C20H19NO7S. The summed E-state index contributed by atoms with van der Waals surface area (Å²) in [5.74, 6) is 0.573. The van der Waals surface area contributed by atoms with Gasteiger partial charge in [0.15, 0.2) is 5.76 Å². The lowest BCUT2D eigenvalue weighted by atomic mass is 10.2. The highest BCUT2D eigenvalue weighted by Gasteiger charge is 2.10. The van der Waals surface area contributed by atoms with E-state index in [2.05, 4.69) is 9.34 Å². The molecule has 2 aromatic carbocycles. The first kappa shape index (κ1) is 20.6. The molecule has 3 rings (SSSR count). The van der Waals surface area contributed by atoms with Crippen molar-refractivity contribution in [1.29, 1.82) is 0 Å². The van der Waals surface area contributed by atoms with Crippen LogP contribution in [0.15, 0.2) is 65.2 Å². The Labute approximate surface area is 168 Å². The van der Waals surface area contributed by atoms with Gasteiger partial charge in [-0.15, -0.1) is 0 Å². The maximum Gasteiger partial charge on any atom is 0.338 e.